The average Bonchev–Trinajstić information content (AvgIpc) is 2.30. The Morgan fingerprint density at radius 1 is 1.00 bits per heavy atom. The molecule has 2 N–H and O–H groups in total. The van der Waals surface area contributed by atoms with E-state index in [1.807, 2.05) is 42.5 Å². The van der Waals surface area contributed by atoms with Crippen molar-refractivity contribution < 1.29 is 20.1 Å². The van der Waals surface area contributed by atoms with E-state index in [4.69, 9.17) is 5.73 Å². The number of nitrogens with zero attached hydrogens (tertiary/aromatic N) is 1. The third kappa shape index (κ3) is 2.96. The van der Waals surface area contributed by atoms with E-state index >= 15 is 0 Å². The van der Waals surface area contributed by atoms with Crippen LogP contribution >= 0.6 is 0 Å². The number of pyridine rings is 1. The SMILES string of the molecule is NCc1ccc(-c2ccccn2)cc1.[Ir]. The minimum atomic E-state index is 0. The second-order valence-corrected chi connectivity index (χ2v) is 3.12. The third-order valence-corrected chi connectivity index (χ3v) is 2.15. The fraction of sp³-hybridized carbons (Fsp3) is 0.0833. The average molecular weight is 376 g/mol. The van der Waals surface area contributed by atoms with E-state index in [0.717, 1.165) is 16.8 Å². The van der Waals surface area contributed by atoms with Crippen molar-refractivity contribution in [2.45, 2.75) is 6.54 Å². The van der Waals surface area contributed by atoms with Crippen molar-refractivity contribution in [3.8, 4) is 11.3 Å². The Labute approximate surface area is 103 Å². The molecule has 3 heteroatoms. The molecule has 1 aromatic heterocycles. The molecule has 0 fully saturated rings. The maximum Gasteiger partial charge on any atom is 0.0701 e. The summed E-state index contributed by atoms with van der Waals surface area (Å²) in [6, 6.07) is 14.1. The fourth-order valence-electron chi connectivity index (χ4n) is 1.35. The molecule has 2 rings (SSSR count). The van der Waals surface area contributed by atoms with Gasteiger partial charge in [-0.2, -0.15) is 0 Å². The summed E-state index contributed by atoms with van der Waals surface area (Å²) in [5, 5.41) is 0. The smallest absolute Gasteiger partial charge is 0.0701 e. The van der Waals surface area contributed by atoms with Crippen molar-refractivity contribution in [2.75, 3.05) is 0 Å². The van der Waals surface area contributed by atoms with Crippen LogP contribution in [0.4, 0.5) is 0 Å². The van der Waals surface area contributed by atoms with Crippen molar-refractivity contribution in [1.29, 1.82) is 0 Å². The maximum absolute atomic E-state index is 5.52. The first-order valence-electron chi connectivity index (χ1n) is 4.60. The van der Waals surface area contributed by atoms with Crippen molar-refractivity contribution in [3.05, 3.63) is 54.2 Å². The van der Waals surface area contributed by atoms with Gasteiger partial charge in [0, 0.05) is 38.4 Å². The van der Waals surface area contributed by atoms with Gasteiger partial charge in [-0.3, -0.25) is 4.98 Å². The van der Waals surface area contributed by atoms with Crippen LogP contribution in [0.5, 0.6) is 0 Å². The molecular formula is C12H12IrN2. The number of hydrogen-bond acceptors (Lipinski definition) is 2. The predicted molar refractivity (Wildman–Crippen MR) is 57.6 cm³/mol. The number of nitrogens with two attached hydrogens (primary N) is 1. The molecular weight excluding hydrogens is 364 g/mol. The van der Waals surface area contributed by atoms with Crippen LogP contribution in [0, 0.1) is 0 Å². The molecule has 0 atom stereocenters. The van der Waals surface area contributed by atoms with Crippen molar-refractivity contribution >= 4 is 0 Å². The molecule has 0 aliphatic carbocycles. The van der Waals surface area contributed by atoms with Gasteiger partial charge in [0.2, 0.25) is 0 Å². The summed E-state index contributed by atoms with van der Waals surface area (Å²) in [4.78, 5) is 4.27. The summed E-state index contributed by atoms with van der Waals surface area (Å²) < 4.78 is 0. The molecule has 0 spiro atoms. The van der Waals surface area contributed by atoms with Crippen LogP contribution in [0.15, 0.2) is 48.7 Å². The zero-order valence-electron chi connectivity index (χ0n) is 8.18. The molecule has 0 saturated heterocycles. The normalized spacial score (nSPS) is 9.40. The van der Waals surface area contributed by atoms with Crippen molar-refractivity contribution in [2.24, 2.45) is 5.73 Å². The third-order valence-electron chi connectivity index (χ3n) is 2.15. The largest absolute Gasteiger partial charge is 0.326 e. The number of rotatable bonds is 2. The fourth-order valence-corrected chi connectivity index (χ4v) is 1.35. The summed E-state index contributed by atoms with van der Waals surface area (Å²) in [5.41, 5.74) is 8.79. The van der Waals surface area contributed by atoms with Crippen molar-refractivity contribution in [3.63, 3.8) is 0 Å². The van der Waals surface area contributed by atoms with Crippen LogP contribution in [0.25, 0.3) is 11.3 Å². The summed E-state index contributed by atoms with van der Waals surface area (Å²) in [6.07, 6.45) is 1.80. The van der Waals surface area contributed by atoms with E-state index < -0.39 is 0 Å². The summed E-state index contributed by atoms with van der Waals surface area (Å²) in [7, 11) is 0. The van der Waals surface area contributed by atoms with Gasteiger partial charge in [-0.1, -0.05) is 30.3 Å². The van der Waals surface area contributed by atoms with Gasteiger partial charge in [-0.15, -0.1) is 0 Å². The maximum atomic E-state index is 5.52. The molecule has 0 unspecified atom stereocenters. The van der Waals surface area contributed by atoms with Gasteiger partial charge in [0.15, 0.2) is 0 Å². The molecule has 2 aromatic rings. The van der Waals surface area contributed by atoms with Gasteiger partial charge >= 0.3 is 0 Å². The van der Waals surface area contributed by atoms with E-state index in [1.165, 1.54) is 0 Å². The Morgan fingerprint density at radius 3 is 2.27 bits per heavy atom. The van der Waals surface area contributed by atoms with Crippen LogP contribution in [-0.4, -0.2) is 4.98 Å². The van der Waals surface area contributed by atoms with E-state index in [1.54, 1.807) is 6.20 Å². The Balaban J connectivity index is 0.00000112. The number of benzene rings is 1. The van der Waals surface area contributed by atoms with E-state index in [-0.39, 0.29) is 20.1 Å². The Bertz CT molecular complexity index is 398. The molecule has 2 nitrogen and oxygen atoms in total. The molecule has 15 heavy (non-hydrogen) atoms. The zero-order valence-corrected chi connectivity index (χ0v) is 10.6. The van der Waals surface area contributed by atoms with Crippen LogP contribution in [0.3, 0.4) is 0 Å². The minimum absolute atomic E-state index is 0. The summed E-state index contributed by atoms with van der Waals surface area (Å²) >= 11 is 0. The number of aromatic nitrogens is 1. The Kier molecular flexibility index (Phi) is 4.63. The van der Waals surface area contributed by atoms with Gasteiger partial charge in [0.1, 0.15) is 0 Å². The second-order valence-electron chi connectivity index (χ2n) is 3.12. The summed E-state index contributed by atoms with van der Waals surface area (Å²) in [5.74, 6) is 0. The molecule has 0 amide bonds. The van der Waals surface area contributed by atoms with Crippen molar-refractivity contribution in [1.82, 2.24) is 4.98 Å². The van der Waals surface area contributed by atoms with Gasteiger partial charge in [-0.25, -0.2) is 0 Å². The predicted octanol–water partition coefficient (Wildman–Crippen LogP) is 2.20. The van der Waals surface area contributed by atoms with Crippen LogP contribution in [0.1, 0.15) is 5.56 Å². The molecule has 1 heterocycles. The monoisotopic (exact) mass is 377 g/mol. The van der Waals surface area contributed by atoms with Gasteiger partial charge in [0.05, 0.1) is 5.69 Å². The molecule has 0 bridgehead atoms. The molecule has 0 saturated carbocycles. The zero-order chi connectivity index (χ0) is 9.80. The molecule has 79 valence electrons. The van der Waals surface area contributed by atoms with Crippen LogP contribution in [-0.2, 0) is 26.7 Å². The van der Waals surface area contributed by atoms with E-state index in [2.05, 4.69) is 4.98 Å². The van der Waals surface area contributed by atoms with Gasteiger partial charge in [-0.05, 0) is 17.7 Å². The quantitative estimate of drug-likeness (QED) is 0.873. The first kappa shape index (κ1) is 12.1. The molecule has 0 aliphatic rings. The first-order valence-corrected chi connectivity index (χ1v) is 4.60. The first-order chi connectivity index (χ1) is 6.90. The topological polar surface area (TPSA) is 38.9 Å². The molecule has 1 radical (unpaired) electrons. The van der Waals surface area contributed by atoms with Crippen LogP contribution < -0.4 is 5.73 Å². The molecule has 1 aromatic carbocycles. The Hall–Kier alpha value is -1.02. The van der Waals surface area contributed by atoms with E-state index in [0.29, 0.717) is 6.54 Å². The van der Waals surface area contributed by atoms with Gasteiger partial charge in [0.25, 0.3) is 0 Å². The Morgan fingerprint density at radius 2 is 1.73 bits per heavy atom. The summed E-state index contributed by atoms with van der Waals surface area (Å²) in [6.45, 7) is 0.586. The standard InChI is InChI=1S/C12H12N2.Ir/c13-9-10-4-6-11(7-5-10)12-3-1-2-8-14-12;/h1-8H,9,13H2;. The second kappa shape index (κ2) is 5.76. The van der Waals surface area contributed by atoms with E-state index in [9.17, 15) is 0 Å². The minimum Gasteiger partial charge on any atom is -0.326 e. The van der Waals surface area contributed by atoms with Crippen LogP contribution in [0.2, 0.25) is 0 Å². The molecule has 0 aliphatic heterocycles. The number of hydrogen-bond donors (Lipinski definition) is 1. The van der Waals surface area contributed by atoms with Gasteiger partial charge < -0.3 is 5.73 Å².